The first-order chi connectivity index (χ1) is 21.0. The molecule has 0 N–H and O–H groups in total. The zero-order valence-electron chi connectivity index (χ0n) is 23.9. The molecule has 0 saturated heterocycles. The minimum atomic E-state index is -0.104. The first-order valence-corrected chi connectivity index (χ1v) is 14.7. The Hall–Kier alpha value is -5.41. The molecular formula is C40H27NO2. The molecule has 0 aliphatic heterocycles. The predicted octanol–water partition coefficient (Wildman–Crippen LogP) is 10.0. The lowest BCUT2D eigenvalue weighted by Crippen LogP contribution is -2.15. The highest BCUT2D eigenvalue weighted by atomic mass is 16.3. The van der Waals surface area contributed by atoms with Crippen molar-refractivity contribution in [3.63, 3.8) is 0 Å². The van der Waals surface area contributed by atoms with E-state index in [4.69, 9.17) is 4.42 Å². The van der Waals surface area contributed by atoms with Crippen LogP contribution >= 0.6 is 0 Å². The van der Waals surface area contributed by atoms with Gasteiger partial charge in [-0.15, -0.1) is 0 Å². The maximum Gasteiger partial charge on any atom is 0.201 e. The molecule has 0 atom stereocenters. The van der Waals surface area contributed by atoms with Crippen LogP contribution in [0, 0.1) is 0 Å². The van der Waals surface area contributed by atoms with Crippen LogP contribution in [-0.2, 0) is 5.41 Å². The van der Waals surface area contributed by atoms with Crippen molar-refractivity contribution < 1.29 is 4.42 Å². The summed E-state index contributed by atoms with van der Waals surface area (Å²) < 4.78 is 8.80. The van der Waals surface area contributed by atoms with Crippen molar-refractivity contribution >= 4 is 43.7 Å². The number of hydrogen-bond donors (Lipinski definition) is 0. The molecule has 0 bridgehead atoms. The van der Waals surface area contributed by atoms with Crippen molar-refractivity contribution in [1.82, 2.24) is 4.57 Å². The number of hydrogen-bond acceptors (Lipinski definition) is 2. The van der Waals surface area contributed by atoms with Crippen molar-refractivity contribution in [2.75, 3.05) is 0 Å². The monoisotopic (exact) mass is 553 g/mol. The summed E-state index contributed by atoms with van der Waals surface area (Å²) in [5.74, 6) is 0. The van der Waals surface area contributed by atoms with Gasteiger partial charge in [0.15, 0.2) is 0 Å². The van der Waals surface area contributed by atoms with Crippen LogP contribution in [0.25, 0.3) is 71.7 Å². The van der Waals surface area contributed by atoms with Gasteiger partial charge in [-0.05, 0) is 69.8 Å². The van der Waals surface area contributed by atoms with Gasteiger partial charge in [-0.3, -0.25) is 4.79 Å². The van der Waals surface area contributed by atoms with E-state index in [1.54, 1.807) is 0 Å². The first-order valence-electron chi connectivity index (χ1n) is 14.7. The van der Waals surface area contributed by atoms with Crippen LogP contribution in [0.2, 0.25) is 0 Å². The minimum Gasteiger partial charge on any atom is -0.456 e. The van der Waals surface area contributed by atoms with Crippen LogP contribution in [-0.4, -0.2) is 4.57 Å². The van der Waals surface area contributed by atoms with Crippen LogP contribution in [0.1, 0.15) is 25.0 Å². The molecule has 0 radical (unpaired) electrons. The van der Waals surface area contributed by atoms with Gasteiger partial charge < -0.3 is 8.98 Å². The Morgan fingerprint density at radius 3 is 2.21 bits per heavy atom. The third-order valence-electron chi connectivity index (χ3n) is 9.40. The fourth-order valence-electron chi connectivity index (χ4n) is 7.33. The Kier molecular flexibility index (Phi) is 4.82. The lowest BCUT2D eigenvalue weighted by Gasteiger charge is -2.21. The molecule has 2 heterocycles. The van der Waals surface area contributed by atoms with E-state index in [9.17, 15) is 4.79 Å². The van der Waals surface area contributed by atoms with Crippen LogP contribution in [0.4, 0.5) is 0 Å². The van der Waals surface area contributed by atoms with Gasteiger partial charge in [0.05, 0.1) is 21.8 Å². The third-order valence-corrected chi connectivity index (χ3v) is 9.40. The highest BCUT2D eigenvalue weighted by molar-refractivity contribution is 6.12. The molecule has 1 aliphatic rings. The van der Waals surface area contributed by atoms with E-state index in [0.29, 0.717) is 21.9 Å². The van der Waals surface area contributed by atoms with E-state index in [1.165, 1.54) is 33.0 Å². The second-order valence-corrected chi connectivity index (χ2v) is 12.1. The van der Waals surface area contributed by atoms with Gasteiger partial charge in [0, 0.05) is 27.9 Å². The summed E-state index contributed by atoms with van der Waals surface area (Å²) in [5.41, 5.74) is 11.5. The Bertz CT molecular complexity index is 2500. The maximum absolute atomic E-state index is 13.9. The zero-order chi connectivity index (χ0) is 28.9. The molecule has 3 heteroatoms. The summed E-state index contributed by atoms with van der Waals surface area (Å²) in [6.07, 6.45) is 0. The standard InChI is InChI=1S/C40H27NO2/c1-40(2)32-16-8-6-13-27(32)30-22-31-28-14-7-9-17-34(28)41(35(31)23-33(30)40)25-19-20-29-37(21-25)43-36-18-10-15-26(38(36)39(29)42)24-11-4-3-5-12-24/h3-23H,1-2H3. The van der Waals surface area contributed by atoms with Crippen LogP contribution in [0.5, 0.6) is 0 Å². The van der Waals surface area contributed by atoms with Gasteiger partial charge in [0.2, 0.25) is 5.43 Å². The van der Waals surface area contributed by atoms with Crippen molar-refractivity contribution in [2.24, 2.45) is 0 Å². The van der Waals surface area contributed by atoms with Crippen LogP contribution in [0.15, 0.2) is 137 Å². The normalized spacial score (nSPS) is 13.6. The SMILES string of the molecule is CC1(C)c2ccccc2-c2cc3c4ccccc4n(-c4ccc5c(=O)c6c(-c7ccccc7)cccc6oc5c4)c3cc21. The summed E-state index contributed by atoms with van der Waals surface area (Å²) >= 11 is 0. The van der Waals surface area contributed by atoms with Crippen molar-refractivity contribution in [1.29, 1.82) is 0 Å². The molecular weight excluding hydrogens is 526 g/mol. The van der Waals surface area contributed by atoms with Gasteiger partial charge in [0.1, 0.15) is 11.2 Å². The lowest BCUT2D eigenvalue weighted by molar-refractivity contribution is 0.659. The Morgan fingerprint density at radius 1 is 0.558 bits per heavy atom. The zero-order valence-corrected chi connectivity index (χ0v) is 23.9. The van der Waals surface area contributed by atoms with Gasteiger partial charge in [-0.25, -0.2) is 0 Å². The molecule has 2 aromatic heterocycles. The molecule has 8 aromatic rings. The molecule has 1 aliphatic carbocycles. The van der Waals surface area contributed by atoms with Gasteiger partial charge in [-0.1, -0.05) is 98.8 Å². The summed E-state index contributed by atoms with van der Waals surface area (Å²) in [5, 5.41) is 3.62. The number of aromatic nitrogens is 1. The van der Waals surface area contributed by atoms with Gasteiger partial charge in [0.25, 0.3) is 0 Å². The van der Waals surface area contributed by atoms with E-state index in [0.717, 1.165) is 27.8 Å². The van der Waals surface area contributed by atoms with E-state index >= 15 is 0 Å². The van der Waals surface area contributed by atoms with E-state index < -0.39 is 0 Å². The van der Waals surface area contributed by atoms with Crippen molar-refractivity contribution in [3.05, 3.63) is 149 Å². The predicted molar refractivity (Wildman–Crippen MR) is 177 cm³/mol. The second-order valence-electron chi connectivity index (χ2n) is 12.1. The lowest BCUT2D eigenvalue weighted by atomic mass is 9.82. The summed E-state index contributed by atoms with van der Waals surface area (Å²) in [6, 6.07) is 43.9. The van der Waals surface area contributed by atoms with Crippen LogP contribution in [0.3, 0.4) is 0 Å². The smallest absolute Gasteiger partial charge is 0.201 e. The quantitative estimate of drug-likeness (QED) is 0.200. The molecule has 204 valence electrons. The van der Waals surface area contributed by atoms with Gasteiger partial charge in [-0.2, -0.15) is 0 Å². The Morgan fingerprint density at radius 2 is 1.33 bits per heavy atom. The van der Waals surface area contributed by atoms with Crippen molar-refractivity contribution in [2.45, 2.75) is 19.3 Å². The highest BCUT2D eigenvalue weighted by Crippen LogP contribution is 2.51. The number of fused-ring (bicyclic) bond motifs is 8. The second kappa shape index (κ2) is 8.56. The number of benzene rings is 6. The fourth-order valence-corrected chi connectivity index (χ4v) is 7.33. The Labute approximate surface area is 248 Å². The molecule has 0 fully saturated rings. The topological polar surface area (TPSA) is 35.1 Å². The molecule has 0 spiro atoms. The average Bonchev–Trinajstić information content (AvgIpc) is 3.48. The molecule has 0 amide bonds. The highest BCUT2D eigenvalue weighted by Gasteiger charge is 2.36. The number of rotatable bonds is 2. The molecule has 9 rings (SSSR count). The number of nitrogens with zero attached hydrogens (tertiary/aromatic N) is 1. The number of para-hydroxylation sites is 1. The molecule has 0 saturated carbocycles. The van der Waals surface area contributed by atoms with Crippen molar-refractivity contribution in [3.8, 4) is 27.9 Å². The minimum absolute atomic E-state index is 0.0122. The maximum atomic E-state index is 13.9. The molecule has 3 nitrogen and oxygen atoms in total. The Balaban J connectivity index is 1.31. The van der Waals surface area contributed by atoms with Gasteiger partial charge >= 0.3 is 0 Å². The fraction of sp³-hybridized carbons (Fsp3) is 0.0750. The largest absolute Gasteiger partial charge is 0.456 e. The van der Waals surface area contributed by atoms with E-state index in [1.807, 2.05) is 60.7 Å². The summed E-state index contributed by atoms with van der Waals surface area (Å²) in [7, 11) is 0. The molecule has 43 heavy (non-hydrogen) atoms. The van der Waals surface area contributed by atoms with E-state index in [-0.39, 0.29) is 10.8 Å². The summed E-state index contributed by atoms with van der Waals surface area (Å²) in [6.45, 7) is 4.63. The first kappa shape index (κ1) is 24.2. The molecule has 6 aromatic carbocycles. The van der Waals surface area contributed by atoms with Crippen LogP contribution < -0.4 is 5.43 Å². The van der Waals surface area contributed by atoms with E-state index in [2.05, 4.69) is 85.1 Å². The average molecular weight is 554 g/mol. The summed E-state index contributed by atoms with van der Waals surface area (Å²) in [4.78, 5) is 13.9. The molecule has 0 unspecified atom stereocenters. The third kappa shape index (κ3) is 3.28.